The highest BCUT2D eigenvalue weighted by molar-refractivity contribution is 7.92. The fourth-order valence-electron chi connectivity index (χ4n) is 2.32. The molecule has 0 saturated heterocycles. The van der Waals surface area contributed by atoms with E-state index in [9.17, 15) is 26.7 Å². The van der Waals surface area contributed by atoms with Crippen LogP contribution in [0.4, 0.5) is 24.5 Å². The van der Waals surface area contributed by atoms with Crippen LogP contribution < -0.4 is 9.83 Å². The van der Waals surface area contributed by atoms with Crippen LogP contribution in [-0.2, 0) is 10.0 Å². The minimum absolute atomic E-state index is 0.141. The topological polar surface area (TPSA) is 81.6 Å². The molecule has 3 aromatic carbocycles. The SMILES string of the molecule is O=S(=O)(Nc1ccccc1C([O-])=Nc1ccccc1F)c1ccc(F)c(F)c1. The molecule has 0 aromatic heterocycles. The average molecular weight is 405 g/mol. The summed E-state index contributed by atoms with van der Waals surface area (Å²) >= 11 is 0. The van der Waals surface area contributed by atoms with Crippen molar-refractivity contribution in [3.05, 3.63) is 89.7 Å². The van der Waals surface area contributed by atoms with Crippen LogP contribution in [0.15, 0.2) is 76.6 Å². The molecular formula is C19H12F3N2O3S-. The molecule has 0 saturated carbocycles. The molecule has 3 aromatic rings. The first kappa shape index (κ1) is 19.4. The molecule has 0 unspecified atom stereocenters. The van der Waals surface area contributed by atoms with Gasteiger partial charge in [0.1, 0.15) is 5.82 Å². The number of rotatable bonds is 5. The zero-order valence-corrected chi connectivity index (χ0v) is 14.9. The van der Waals surface area contributed by atoms with Crippen molar-refractivity contribution in [3.63, 3.8) is 0 Å². The third-order valence-electron chi connectivity index (χ3n) is 3.68. The van der Waals surface area contributed by atoms with Crippen LogP contribution in [0, 0.1) is 17.5 Å². The van der Waals surface area contributed by atoms with Gasteiger partial charge in [-0.3, -0.25) is 9.71 Å². The number of benzene rings is 3. The van der Waals surface area contributed by atoms with Gasteiger partial charge in [0.25, 0.3) is 10.0 Å². The highest BCUT2D eigenvalue weighted by Crippen LogP contribution is 2.23. The van der Waals surface area contributed by atoms with Gasteiger partial charge in [-0.15, -0.1) is 0 Å². The first-order chi connectivity index (χ1) is 13.3. The molecule has 0 heterocycles. The van der Waals surface area contributed by atoms with Gasteiger partial charge in [-0.2, -0.15) is 0 Å². The number of nitrogens with one attached hydrogen (secondary N) is 1. The number of hydrogen-bond acceptors (Lipinski definition) is 4. The highest BCUT2D eigenvalue weighted by Gasteiger charge is 2.18. The Morgan fingerprint density at radius 3 is 2.25 bits per heavy atom. The van der Waals surface area contributed by atoms with Gasteiger partial charge in [-0.1, -0.05) is 30.3 Å². The summed E-state index contributed by atoms with van der Waals surface area (Å²) in [7, 11) is -4.31. The average Bonchev–Trinajstić information content (AvgIpc) is 2.66. The minimum Gasteiger partial charge on any atom is -0.858 e. The van der Waals surface area contributed by atoms with Crippen LogP contribution in [0.5, 0.6) is 0 Å². The van der Waals surface area contributed by atoms with Crippen molar-refractivity contribution in [2.75, 3.05) is 4.72 Å². The molecule has 0 aliphatic rings. The van der Waals surface area contributed by atoms with Gasteiger partial charge in [0, 0.05) is 5.56 Å². The van der Waals surface area contributed by atoms with E-state index in [1.165, 1.54) is 42.5 Å². The molecule has 144 valence electrons. The summed E-state index contributed by atoms with van der Waals surface area (Å²) in [4.78, 5) is 3.13. The molecule has 0 spiro atoms. The molecular weight excluding hydrogens is 393 g/mol. The maximum Gasteiger partial charge on any atom is 0.262 e. The fraction of sp³-hybridized carbons (Fsp3) is 0. The van der Waals surface area contributed by atoms with E-state index in [1.54, 1.807) is 0 Å². The fourth-order valence-corrected chi connectivity index (χ4v) is 3.41. The van der Waals surface area contributed by atoms with Gasteiger partial charge in [-0.25, -0.2) is 21.6 Å². The van der Waals surface area contributed by atoms with E-state index >= 15 is 0 Å². The van der Waals surface area contributed by atoms with Gasteiger partial charge in [-0.05, 0) is 42.3 Å². The van der Waals surface area contributed by atoms with Crippen LogP contribution in [0.2, 0.25) is 0 Å². The molecule has 0 bridgehead atoms. The number of hydrogen-bond donors (Lipinski definition) is 1. The Balaban J connectivity index is 1.98. The van der Waals surface area contributed by atoms with Crippen LogP contribution >= 0.6 is 0 Å². The summed E-state index contributed by atoms with van der Waals surface area (Å²) in [6.45, 7) is 0. The first-order valence-electron chi connectivity index (χ1n) is 7.85. The van der Waals surface area contributed by atoms with Crippen molar-refractivity contribution in [1.82, 2.24) is 0 Å². The van der Waals surface area contributed by atoms with E-state index in [1.807, 2.05) is 0 Å². The Morgan fingerprint density at radius 2 is 1.54 bits per heavy atom. The molecule has 0 aliphatic heterocycles. The second-order valence-electron chi connectivity index (χ2n) is 5.60. The van der Waals surface area contributed by atoms with Crippen molar-refractivity contribution in [1.29, 1.82) is 0 Å². The highest BCUT2D eigenvalue weighted by atomic mass is 32.2. The summed E-state index contributed by atoms with van der Waals surface area (Å²) in [5, 5.41) is 12.4. The van der Waals surface area contributed by atoms with E-state index < -0.39 is 38.3 Å². The van der Waals surface area contributed by atoms with Crippen LogP contribution in [-0.4, -0.2) is 14.3 Å². The smallest absolute Gasteiger partial charge is 0.262 e. The van der Waals surface area contributed by atoms with E-state index in [-0.39, 0.29) is 16.9 Å². The lowest BCUT2D eigenvalue weighted by Gasteiger charge is -2.17. The molecule has 0 amide bonds. The summed E-state index contributed by atoms with van der Waals surface area (Å²) in [5.74, 6) is -4.12. The molecule has 5 nitrogen and oxygen atoms in total. The maximum absolute atomic E-state index is 13.7. The number of halogens is 3. The van der Waals surface area contributed by atoms with Gasteiger partial charge in [0.15, 0.2) is 11.6 Å². The molecule has 1 N–H and O–H groups in total. The van der Waals surface area contributed by atoms with Gasteiger partial charge >= 0.3 is 0 Å². The molecule has 3 rings (SSSR count). The lowest BCUT2D eigenvalue weighted by atomic mass is 10.2. The van der Waals surface area contributed by atoms with E-state index in [0.717, 1.165) is 12.1 Å². The molecule has 0 atom stereocenters. The van der Waals surface area contributed by atoms with Crippen molar-refractivity contribution in [3.8, 4) is 0 Å². The Labute approximate surface area is 158 Å². The number of sulfonamides is 1. The zero-order chi connectivity index (χ0) is 20.3. The lowest BCUT2D eigenvalue weighted by molar-refractivity contribution is -0.212. The van der Waals surface area contributed by atoms with Crippen LogP contribution in [0.25, 0.3) is 0 Å². The zero-order valence-electron chi connectivity index (χ0n) is 14.1. The maximum atomic E-state index is 13.7. The molecule has 9 heteroatoms. The van der Waals surface area contributed by atoms with Crippen LogP contribution in [0.3, 0.4) is 0 Å². The monoisotopic (exact) mass is 405 g/mol. The molecule has 0 aliphatic carbocycles. The summed E-state index contributed by atoms with van der Waals surface area (Å²) < 4.78 is 67.2. The summed E-state index contributed by atoms with van der Waals surface area (Å²) in [5.41, 5.74) is -0.486. The standard InChI is InChI=1S/C19H13F3N2O3S/c20-14-10-9-12(11-16(14)22)28(26,27)24-17-7-3-1-5-13(17)19(25)23-18-8-4-2-6-15(18)21/h1-11,24H,(H,23,25)/p-1. The number of para-hydroxylation sites is 2. The van der Waals surface area contributed by atoms with Crippen LogP contribution in [0.1, 0.15) is 5.56 Å². The molecule has 0 fully saturated rings. The van der Waals surface area contributed by atoms with E-state index in [0.29, 0.717) is 12.1 Å². The Kier molecular flexibility index (Phi) is 5.36. The second-order valence-corrected chi connectivity index (χ2v) is 7.28. The number of nitrogens with zero attached hydrogens (tertiary/aromatic N) is 1. The predicted molar refractivity (Wildman–Crippen MR) is 96.2 cm³/mol. The third kappa shape index (κ3) is 4.15. The van der Waals surface area contributed by atoms with Gasteiger partial charge < -0.3 is 5.11 Å². The van der Waals surface area contributed by atoms with Gasteiger partial charge in [0.05, 0.1) is 16.3 Å². The minimum atomic E-state index is -4.31. The summed E-state index contributed by atoms with van der Waals surface area (Å²) in [6.07, 6.45) is 0. The largest absolute Gasteiger partial charge is 0.858 e. The van der Waals surface area contributed by atoms with Crippen molar-refractivity contribution in [2.45, 2.75) is 4.90 Å². The van der Waals surface area contributed by atoms with Crippen molar-refractivity contribution >= 4 is 27.3 Å². The predicted octanol–water partition coefficient (Wildman–Crippen LogP) is 3.34. The Morgan fingerprint density at radius 1 is 0.857 bits per heavy atom. The molecule has 0 radical (unpaired) electrons. The number of aliphatic imine (C=N–C) groups is 1. The van der Waals surface area contributed by atoms with E-state index in [4.69, 9.17) is 0 Å². The van der Waals surface area contributed by atoms with Crippen molar-refractivity contribution < 1.29 is 26.7 Å². The van der Waals surface area contributed by atoms with E-state index in [2.05, 4.69) is 9.71 Å². The Hall–Kier alpha value is -3.33. The van der Waals surface area contributed by atoms with Gasteiger partial charge in [0.2, 0.25) is 0 Å². The normalized spacial score (nSPS) is 12.0. The Bertz CT molecular complexity index is 1160. The first-order valence-corrected chi connectivity index (χ1v) is 9.34. The second kappa shape index (κ2) is 7.73. The molecule has 28 heavy (non-hydrogen) atoms. The summed E-state index contributed by atoms with van der Waals surface area (Å²) in [6, 6.07) is 13.0. The lowest BCUT2D eigenvalue weighted by Crippen LogP contribution is -2.22. The number of anilines is 1. The quantitative estimate of drug-likeness (QED) is 0.522. The van der Waals surface area contributed by atoms with Crippen molar-refractivity contribution in [2.24, 2.45) is 4.99 Å². The third-order valence-corrected chi connectivity index (χ3v) is 5.04.